The lowest BCUT2D eigenvalue weighted by Crippen LogP contribution is -2.33. The quantitative estimate of drug-likeness (QED) is 0.0980. The van der Waals surface area contributed by atoms with E-state index < -0.39 is 17.1 Å². The zero-order valence-corrected chi connectivity index (χ0v) is 17.8. The summed E-state index contributed by atoms with van der Waals surface area (Å²) in [4.78, 5) is 29.3. The van der Waals surface area contributed by atoms with Crippen LogP contribution in [0.15, 0.2) is 23.2 Å². The van der Waals surface area contributed by atoms with E-state index in [1.54, 1.807) is 12.1 Å². The number of rotatable bonds is 10. The zero-order chi connectivity index (χ0) is 21.8. The average Bonchev–Trinajstić information content (AvgIpc) is 2.65. The third-order valence-corrected chi connectivity index (χ3v) is 5.93. The van der Waals surface area contributed by atoms with Crippen LogP contribution in [0.25, 0.3) is 0 Å². The van der Waals surface area contributed by atoms with Gasteiger partial charge in [0.2, 0.25) is 5.96 Å². The molecule has 158 valence electrons. The second-order valence-corrected chi connectivity index (χ2v) is 8.27. The van der Waals surface area contributed by atoms with Crippen LogP contribution in [0, 0.1) is 20.9 Å². The van der Waals surface area contributed by atoms with Gasteiger partial charge in [0.05, 0.1) is 10.0 Å². The molecule has 0 heterocycles. The summed E-state index contributed by atoms with van der Waals surface area (Å²) in [5.41, 5.74) is 5.65. The van der Waals surface area contributed by atoms with Crippen molar-refractivity contribution >= 4 is 68.4 Å². The van der Waals surface area contributed by atoms with Gasteiger partial charge in [-0.05, 0) is 6.07 Å². The fourth-order valence-corrected chi connectivity index (χ4v) is 3.64. The SMILES string of the molecule is N=C(/N=C(/N)C(=N)c1cccc(Cl)c1Cl)NC(=O)OCCSSCCO[N+](=O)[O-]. The first kappa shape index (κ1) is 24.8. The summed E-state index contributed by atoms with van der Waals surface area (Å²) in [7, 11) is 2.66. The molecule has 0 radical (unpaired) electrons. The monoisotopic (exact) mass is 482 g/mol. The van der Waals surface area contributed by atoms with Crippen LogP contribution in [0.1, 0.15) is 5.56 Å². The van der Waals surface area contributed by atoms with Gasteiger partial charge in [-0.25, -0.2) is 4.79 Å². The standard InChI is InChI=1S/C14H16Cl2N6O5S2/c15-9-3-1-2-8(10(9)16)11(17)12(18)20-13(19)21-14(23)26-4-6-28-29-7-5-27-22(24)25/h1-3,17H,4-7H2,(H4,18,19,20,21,23). The van der Waals surface area contributed by atoms with Crippen LogP contribution in [-0.4, -0.2) is 53.4 Å². The molecule has 1 aromatic rings. The van der Waals surface area contributed by atoms with Crippen LogP contribution in [0.2, 0.25) is 10.0 Å². The number of hydrogen-bond acceptors (Lipinski definition) is 9. The highest BCUT2D eigenvalue weighted by Gasteiger charge is 2.14. The van der Waals surface area contributed by atoms with E-state index in [2.05, 4.69) is 15.1 Å². The first-order chi connectivity index (χ1) is 13.7. The van der Waals surface area contributed by atoms with E-state index in [-0.39, 0.29) is 40.4 Å². The zero-order valence-electron chi connectivity index (χ0n) is 14.6. The van der Waals surface area contributed by atoms with E-state index in [0.717, 1.165) is 0 Å². The fraction of sp³-hybridized carbons (Fsp3) is 0.286. The maximum absolute atomic E-state index is 11.6. The van der Waals surface area contributed by atoms with E-state index in [1.165, 1.54) is 27.7 Å². The van der Waals surface area contributed by atoms with Crippen molar-refractivity contribution < 1.29 is 19.5 Å². The lowest BCUT2D eigenvalue weighted by Gasteiger charge is -2.08. The number of amidine groups is 1. The number of nitrogens with zero attached hydrogens (tertiary/aromatic N) is 2. The Morgan fingerprint density at radius 1 is 1.28 bits per heavy atom. The molecule has 0 atom stereocenters. The largest absolute Gasteiger partial charge is 0.448 e. The number of amides is 1. The van der Waals surface area contributed by atoms with Gasteiger partial charge in [0, 0.05) is 17.1 Å². The van der Waals surface area contributed by atoms with E-state index >= 15 is 0 Å². The van der Waals surface area contributed by atoms with Gasteiger partial charge in [0.15, 0.2) is 5.84 Å². The molecule has 1 aromatic carbocycles. The highest BCUT2D eigenvalue weighted by molar-refractivity contribution is 8.76. The van der Waals surface area contributed by atoms with Crippen LogP contribution in [-0.2, 0) is 9.57 Å². The smallest absolute Gasteiger partial charge is 0.414 e. The van der Waals surface area contributed by atoms with Crippen LogP contribution in [0.3, 0.4) is 0 Å². The van der Waals surface area contributed by atoms with Crippen molar-refractivity contribution in [1.29, 1.82) is 10.8 Å². The van der Waals surface area contributed by atoms with Crippen LogP contribution in [0.4, 0.5) is 4.79 Å². The lowest BCUT2D eigenvalue weighted by atomic mass is 10.1. The summed E-state index contributed by atoms with van der Waals surface area (Å²) in [6.45, 7) is 0.0119. The van der Waals surface area contributed by atoms with Gasteiger partial charge >= 0.3 is 6.09 Å². The molecule has 0 aliphatic heterocycles. The number of ether oxygens (including phenoxy) is 1. The Balaban J connectivity index is 2.35. The van der Waals surface area contributed by atoms with Crippen molar-refractivity contribution in [2.24, 2.45) is 10.7 Å². The molecule has 15 heteroatoms. The Morgan fingerprint density at radius 2 is 1.93 bits per heavy atom. The first-order valence-corrected chi connectivity index (χ1v) is 10.9. The lowest BCUT2D eigenvalue weighted by molar-refractivity contribution is -0.756. The molecule has 29 heavy (non-hydrogen) atoms. The van der Waals surface area contributed by atoms with Gasteiger partial charge in [-0.15, -0.1) is 10.1 Å². The Bertz CT molecular complexity index is 811. The third-order valence-electron chi connectivity index (χ3n) is 2.78. The molecule has 0 fully saturated rings. The average molecular weight is 483 g/mol. The molecule has 0 aliphatic carbocycles. The minimum Gasteiger partial charge on any atom is -0.448 e. The summed E-state index contributed by atoms with van der Waals surface area (Å²) in [5.74, 6) is -0.135. The summed E-state index contributed by atoms with van der Waals surface area (Å²) in [6.07, 6.45) is -0.916. The molecule has 1 amide bonds. The number of guanidine groups is 1. The third kappa shape index (κ3) is 9.69. The second-order valence-electron chi connectivity index (χ2n) is 4.78. The summed E-state index contributed by atoms with van der Waals surface area (Å²) in [6, 6.07) is 4.65. The molecule has 0 aromatic heterocycles. The van der Waals surface area contributed by atoms with Crippen molar-refractivity contribution in [3.63, 3.8) is 0 Å². The van der Waals surface area contributed by atoms with Gasteiger partial charge in [0.1, 0.15) is 18.9 Å². The molecule has 0 spiro atoms. The number of aliphatic imine (C=N–C) groups is 1. The molecule has 11 nitrogen and oxygen atoms in total. The topological polar surface area (TPSA) is 177 Å². The molecule has 0 saturated carbocycles. The minimum absolute atomic E-state index is 0.0298. The predicted molar refractivity (Wildman–Crippen MR) is 115 cm³/mol. The summed E-state index contributed by atoms with van der Waals surface area (Å²) >= 11 is 11.9. The van der Waals surface area contributed by atoms with Crippen LogP contribution in [0.5, 0.6) is 0 Å². The summed E-state index contributed by atoms with van der Waals surface area (Å²) < 4.78 is 4.85. The van der Waals surface area contributed by atoms with Gasteiger partial charge in [0.25, 0.3) is 5.09 Å². The van der Waals surface area contributed by atoms with E-state index in [0.29, 0.717) is 11.5 Å². The van der Waals surface area contributed by atoms with Crippen molar-refractivity contribution in [1.82, 2.24) is 5.32 Å². The Hall–Kier alpha value is -2.22. The molecule has 0 saturated heterocycles. The number of carbonyl (C=O) groups is 1. The molecular weight excluding hydrogens is 467 g/mol. The van der Waals surface area contributed by atoms with Crippen LogP contribution >= 0.6 is 44.8 Å². The van der Waals surface area contributed by atoms with E-state index in [9.17, 15) is 14.9 Å². The Labute approximate surface area is 183 Å². The summed E-state index contributed by atoms with van der Waals surface area (Å²) in [5, 5.41) is 27.1. The molecule has 1 rings (SSSR count). The maximum atomic E-state index is 11.6. The molecule has 5 N–H and O–H groups in total. The van der Waals surface area contributed by atoms with Gasteiger partial charge in [-0.2, -0.15) is 4.99 Å². The van der Waals surface area contributed by atoms with Gasteiger partial charge in [-0.3, -0.25) is 16.1 Å². The van der Waals surface area contributed by atoms with Gasteiger partial charge in [-0.1, -0.05) is 56.9 Å². The minimum atomic E-state index is -0.916. The normalized spacial score (nSPS) is 10.9. The second kappa shape index (κ2) is 13.1. The number of halogens is 2. The molecule has 0 bridgehead atoms. The molecule has 0 unspecified atom stereocenters. The maximum Gasteiger partial charge on any atom is 0.414 e. The first-order valence-electron chi connectivity index (χ1n) is 7.64. The predicted octanol–water partition coefficient (Wildman–Crippen LogP) is 2.97. The number of alkyl carbamates (subject to hydrolysis) is 1. The number of nitrogens with one attached hydrogen (secondary N) is 3. The van der Waals surface area contributed by atoms with E-state index in [1.807, 2.05) is 0 Å². The Kier molecular flexibility index (Phi) is 11.2. The van der Waals surface area contributed by atoms with Crippen molar-refractivity contribution in [3.8, 4) is 0 Å². The number of benzene rings is 1. The van der Waals surface area contributed by atoms with E-state index in [4.69, 9.17) is 44.5 Å². The number of carbonyl (C=O) groups excluding carboxylic acids is 1. The number of nitrogens with two attached hydrogens (primary N) is 1. The van der Waals surface area contributed by atoms with Crippen molar-refractivity contribution in [2.45, 2.75) is 0 Å². The highest BCUT2D eigenvalue weighted by Crippen LogP contribution is 2.25. The van der Waals surface area contributed by atoms with Crippen LogP contribution < -0.4 is 11.1 Å². The number of hydrogen-bond donors (Lipinski definition) is 4. The Morgan fingerprint density at radius 3 is 2.59 bits per heavy atom. The molecule has 0 aliphatic rings. The van der Waals surface area contributed by atoms with Crippen molar-refractivity contribution in [2.75, 3.05) is 24.7 Å². The van der Waals surface area contributed by atoms with Crippen molar-refractivity contribution in [3.05, 3.63) is 43.9 Å². The molecular formula is C14H16Cl2N6O5S2. The van der Waals surface area contributed by atoms with Gasteiger partial charge < -0.3 is 15.3 Å². The highest BCUT2D eigenvalue weighted by atomic mass is 35.5. The fourth-order valence-electron chi connectivity index (χ4n) is 1.60.